The molecule has 3 rings (SSSR count). The summed E-state index contributed by atoms with van der Waals surface area (Å²) in [5, 5.41) is 3.03. The van der Waals surface area contributed by atoms with Crippen LogP contribution < -0.4 is 5.32 Å². The van der Waals surface area contributed by atoms with Gasteiger partial charge in [-0.15, -0.1) is 11.3 Å². The smallest absolute Gasteiger partial charge is 0.261 e. The van der Waals surface area contributed by atoms with Gasteiger partial charge in [-0.2, -0.15) is 0 Å². The Morgan fingerprint density at radius 3 is 2.92 bits per heavy atom. The molecular formula is C19H26N2O2S. The maximum atomic E-state index is 12.3. The van der Waals surface area contributed by atoms with E-state index in [1.54, 1.807) is 6.92 Å². The predicted molar refractivity (Wildman–Crippen MR) is 97.2 cm³/mol. The molecule has 1 atom stereocenters. The average Bonchev–Trinajstić information content (AvgIpc) is 3.24. The molecule has 5 heteroatoms. The molecule has 0 saturated carbocycles. The predicted octanol–water partition coefficient (Wildman–Crippen LogP) is 4.05. The van der Waals surface area contributed by atoms with Crippen molar-refractivity contribution in [3.8, 4) is 0 Å². The van der Waals surface area contributed by atoms with Crippen LogP contribution in [0.2, 0.25) is 0 Å². The number of carbonyl (C=O) groups is 2. The molecule has 2 amide bonds. The van der Waals surface area contributed by atoms with E-state index < -0.39 is 0 Å². The number of thiophene rings is 1. The van der Waals surface area contributed by atoms with Crippen molar-refractivity contribution in [1.82, 2.24) is 10.2 Å². The van der Waals surface area contributed by atoms with E-state index in [0.29, 0.717) is 6.54 Å². The molecule has 0 bridgehead atoms. The van der Waals surface area contributed by atoms with Gasteiger partial charge < -0.3 is 10.2 Å². The van der Waals surface area contributed by atoms with Gasteiger partial charge in [0.2, 0.25) is 5.91 Å². The molecule has 2 heterocycles. The van der Waals surface area contributed by atoms with E-state index in [0.717, 1.165) is 35.6 Å². The third-order valence-corrected chi connectivity index (χ3v) is 6.14. The number of nitrogens with one attached hydrogen (secondary N) is 1. The highest BCUT2D eigenvalue weighted by Crippen LogP contribution is 2.35. The van der Waals surface area contributed by atoms with Crippen LogP contribution in [0.3, 0.4) is 0 Å². The summed E-state index contributed by atoms with van der Waals surface area (Å²) in [5.41, 5.74) is 1.48. The Balaban J connectivity index is 1.53. The van der Waals surface area contributed by atoms with Gasteiger partial charge in [-0.05, 0) is 57.1 Å². The van der Waals surface area contributed by atoms with Gasteiger partial charge in [-0.3, -0.25) is 9.59 Å². The topological polar surface area (TPSA) is 49.4 Å². The fraction of sp³-hybridized carbons (Fsp3) is 0.579. The van der Waals surface area contributed by atoms with Gasteiger partial charge in [0.25, 0.3) is 5.91 Å². The van der Waals surface area contributed by atoms with Gasteiger partial charge in [0, 0.05) is 24.9 Å². The zero-order chi connectivity index (χ0) is 16.9. The Morgan fingerprint density at radius 1 is 1.29 bits per heavy atom. The first-order valence-electron chi connectivity index (χ1n) is 8.98. The van der Waals surface area contributed by atoms with Crippen molar-refractivity contribution in [1.29, 1.82) is 0 Å². The van der Waals surface area contributed by atoms with Crippen LogP contribution in [0.25, 0.3) is 0 Å². The minimum atomic E-state index is 0.00929. The minimum absolute atomic E-state index is 0.00929. The molecule has 1 N–H and O–H groups in total. The van der Waals surface area contributed by atoms with Crippen LogP contribution in [0.15, 0.2) is 23.8 Å². The first kappa shape index (κ1) is 17.2. The van der Waals surface area contributed by atoms with Crippen molar-refractivity contribution in [3.05, 3.63) is 33.5 Å². The fourth-order valence-electron chi connectivity index (χ4n) is 3.65. The molecule has 1 saturated heterocycles. The minimum Gasteiger partial charge on any atom is -0.351 e. The lowest BCUT2D eigenvalue weighted by Gasteiger charge is -2.22. The van der Waals surface area contributed by atoms with Gasteiger partial charge in [0.15, 0.2) is 0 Å². The van der Waals surface area contributed by atoms with Gasteiger partial charge >= 0.3 is 0 Å². The normalized spacial score (nSPS) is 20.8. The van der Waals surface area contributed by atoms with Crippen molar-refractivity contribution in [3.63, 3.8) is 0 Å². The Morgan fingerprint density at radius 2 is 2.17 bits per heavy atom. The fourth-order valence-corrected chi connectivity index (χ4v) is 4.72. The van der Waals surface area contributed by atoms with Crippen LogP contribution in [0.1, 0.15) is 72.5 Å². The first-order valence-corrected chi connectivity index (χ1v) is 9.80. The number of amides is 2. The van der Waals surface area contributed by atoms with E-state index in [2.05, 4.69) is 11.4 Å². The summed E-state index contributed by atoms with van der Waals surface area (Å²) in [6, 6.07) is 4.06. The molecule has 130 valence electrons. The van der Waals surface area contributed by atoms with Crippen molar-refractivity contribution >= 4 is 23.2 Å². The average molecular weight is 346 g/mol. The Hall–Kier alpha value is -1.62. The quantitative estimate of drug-likeness (QED) is 0.818. The van der Waals surface area contributed by atoms with E-state index in [-0.39, 0.29) is 17.9 Å². The van der Waals surface area contributed by atoms with Crippen LogP contribution in [0, 0.1) is 0 Å². The van der Waals surface area contributed by atoms with E-state index in [4.69, 9.17) is 0 Å². The van der Waals surface area contributed by atoms with Crippen molar-refractivity contribution in [2.75, 3.05) is 13.1 Å². The Bertz CT molecular complexity index is 635. The van der Waals surface area contributed by atoms with Crippen LogP contribution in [-0.4, -0.2) is 29.8 Å². The summed E-state index contributed by atoms with van der Waals surface area (Å²) >= 11 is 1.52. The monoisotopic (exact) mass is 346 g/mol. The van der Waals surface area contributed by atoms with Crippen molar-refractivity contribution in [2.45, 2.75) is 57.9 Å². The highest BCUT2D eigenvalue weighted by molar-refractivity contribution is 7.14. The molecule has 0 aromatic carbocycles. The van der Waals surface area contributed by atoms with Gasteiger partial charge in [0.1, 0.15) is 0 Å². The van der Waals surface area contributed by atoms with Gasteiger partial charge in [-0.1, -0.05) is 11.6 Å². The molecule has 1 fully saturated rings. The zero-order valence-corrected chi connectivity index (χ0v) is 15.2. The second-order valence-electron chi connectivity index (χ2n) is 6.69. The number of carbonyl (C=O) groups excluding carboxylic acids is 2. The van der Waals surface area contributed by atoms with E-state index >= 15 is 0 Å². The molecule has 1 aromatic heterocycles. The molecule has 0 radical (unpaired) electrons. The number of hydrogen-bond donors (Lipinski definition) is 1. The largest absolute Gasteiger partial charge is 0.351 e. The SMILES string of the molecule is CC(=O)N1CCC[C@@H]1c1ccc(C(=O)NCCC2=CCCCC2)s1. The molecule has 1 aliphatic carbocycles. The molecule has 0 unspecified atom stereocenters. The summed E-state index contributed by atoms with van der Waals surface area (Å²) in [6.07, 6.45) is 10.3. The van der Waals surface area contributed by atoms with E-state index in [9.17, 15) is 9.59 Å². The molecule has 1 aromatic rings. The van der Waals surface area contributed by atoms with Gasteiger partial charge in [-0.25, -0.2) is 0 Å². The molecular weight excluding hydrogens is 320 g/mol. The van der Waals surface area contributed by atoms with Crippen LogP contribution in [0.4, 0.5) is 0 Å². The number of likely N-dealkylation sites (tertiary alicyclic amines) is 1. The molecule has 1 aliphatic heterocycles. The van der Waals surface area contributed by atoms with E-state index in [1.807, 2.05) is 17.0 Å². The number of allylic oxidation sites excluding steroid dienone is 1. The number of hydrogen-bond acceptors (Lipinski definition) is 3. The lowest BCUT2D eigenvalue weighted by Crippen LogP contribution is -2.27. The summed E-state index contributed by atoms with van der Waals surface area (Å²) < 4.78 is 0. The van der Waals surface area contributed by atoms with Crippen molar-refractivity contribution < 1.29 is 9.59 Å². The third-order valence-electron chi connectivity index (χ3n) is 4.95. The summed E-state index contributed by atoms with van der Waals surface area (Å²) in [4.78, 5) is 27.8. The van der Waals surface area contributed by atoms with Gasteiger partial charge in [0.05, 0.1) is 10.9 Å². The number of nitrogens with zero attached hydrogens (tertiary/aromatic N) is 1. The number of rotatable bonds is 5. The molecule has 4 nitrogen and oxygen atoms in total. The molecule has 24 heavy (non-hydrogen) atoms. The highest BCUT2D eigenvalue weighted by atomic mass is 32.1. The zero-order valence-electron chi connectivity index (χ0n) is 14.3. The maximum absolute atomic E-state index is 12.3. The second-order valence-corrected chi connectivity index (χ2v) is 7.80. The Kier molecular flexibility index (Phi) is 5.72. The van der Waals surface area contributed by atoms with Crippen molar-refractivity contribution in [2.24, 2.45) is 0 Å². The Labute approximate surface area is 147 Å². The second kappa shape index (κ2) is 7.97. The highest BCUT2D eigenvalue weighted by Gasteiger charge is 2.29. The molecule has 0 spiro atoms. The summed E-state index contributed by atoms with van der Waals surface area (Å²) in [7, 11) is 0. The lowest BCUT2D eigenvalue weighted by atomic mass is 9.97. The lowest BCUT2D eigenvalue weighted by molar-refractivity contribution is -0.129. The van der Waals surface area contributed by atoms with Crippen LogP contribution in [0.5, 0.6) is 0 Å². The maximum Gasteiger partial charge on any atom is 0.261 e. The van der Waals surface area contributed by atoms with E-state index in [1.165, 1.54) is 42.6 Å². The van der Waals surface area contributed by atoms with Crippen LogP contribution >= 0.6 is 11.3 Å². The molecule has 2 aliphatic rings. The first-order chi connectivity index (χ1) is 11.6. The van der Waals surface area contributed by atoms with Crippen LogP contribution in [-0.2, 0) is 4.79 Å². The summed E-state index contributed by atoms with van der Waals surface area (Å²) in [5.74, 6) is 0.132. The third kappa shape index (κ3) is 4.07. The standard InChI is InChI=1S/C19H26N2O2S/c1-14(22)21-13-5-8-16(21)17-9-10-18(24-17)19(23)20-12-11-15-6-3-2-4-7-15/h6,9-10,16H,2-5,7-8,11-13H2,1H3,(H,20,23)/t16-/m1/s1. The summed E-state index contributed by atoms with van der Waals surface area (Å²) in [6.45, 7) is 3.16.